The van der Waals surface area contributed by atoms with Gasteiger partial charge in [-0.15, -0.1) is 0 Å². The first-order chi connectivity index (χ1) is 14.7. The van der Waals surface area contributed by atoms with Crippen molar-refractivity contribution in [3.8, 4) is 16.9 Å². The average molecular weight is 400 g/mol. The molecule has 0 saturated heterocycles. The number of nitrogens with one attached hydrogen (secondary N) is 3. The summed E-state index contributed by atoms with van der Waals surface area (Å²) in [5.74, 6) is 0.836. The second kappa shape index (κ2) is 8.80. The number of fused-ring (bicyclic) bond motifs is 1. The van der Waals surface area contributed by atoms with Crippen LogP contribution in [0.3, 0.4) is 0 Å². The number of amides is 1. The standard InChI is InChI=1S/C24H24N4O2/c1-3-25-15-16-9-11-18(12-10-16)23(29)28-24-26-21-19(17-7-5-4-6-8-17)13-14-20(30-2)22(21)27-24/h4-14,25H,3,15H2,1-2H3,(H2,26,27,28,29). The zero-order valence-electron chi connectivity index (χ0n) is 17.0. The third-order valence-electron chi connectivity index (χ3n) is 4.94. The van der Waals surface area contributed by atoms with Gasteiger partial charge in [0.05, 0.1) is 7.11 Å². The van der Waals surface area contributed by atoms with Crippen LogP contribution in [0.5, 0.6) is 5.75 Å². The van der Waals surface area contributed by atoms with Gasteiger partial charge in [0.2, 0.25) is 5.95 Å². The van der Waals surface area contributed by atoms with Crippen LogP contribution in [0.4, 0.5) is 5.95 Å². The Bertz CT molecular complexity index is 1150. The van der Waals surface area contributed by atoms with Gasteiger partial charge in [0.1, 0.15) is 16.8 Å². The number of benzene rings is 3. The van der Waals surface area contributed by atoms with Gasteiger partial charge < -0.3 is 15.0 Å². The van der Waals surface area contributed by atoms with Crippen LogP contribution in [0, 0.1) is 0 Å². The maximum atomic E-state index is 12.7. The molecule has 152 valence electrons. The van der Waals surface area contributed by atoms with E-state index >= 15 is 0 Å². The van der Waals surface area contributed by atoms with Crippen molar-refractivity contribution in [1.29, 1.82) is 0 Å². The molecule has 0 aliphatic heterocycles. The summed E-state index contributed by atoms with van der Waals surface area (Å²) in [6.07, 6.45) is 0. The molecule has 0 aliphatic rings. The summed E-state index contributed by atoms with van der Waals surface area (Å²) in [6, 6.07) is 21.4. The molecule has 1 heterocycles. The summed E-state index contributed by atoms with van der Waals surface area (Å²) in [6.45, 7) is 3.75. The molecule has 1 aromatic heterocycles. The highest BCUT2D eigenvalue weighted by atomic mass is 16.5. The molecule has 6 nitrogen and oxygen atoms in total. The molecule has 4 rings (SSSR count). The van der Waals surface area contributed by atoms with Crippen LogP contribution in [0.2, 0.25) is 0 Å². The third-order valence-corrected chi connectivity index (χ3v) is 4.94. The predicted octanol–water partition coefficient (Wildman–Crippen LogP) is 4.60. The number of methoxy groups -OCH3 is 1. The van der Waals surface area contributed by atoms with E-state index in [-0.39, 0.29) is 5.91 Å². The number of H-pyrrole nitrogens is 1. The van der Waals surface area contributed by atoms with E-state index in [1.165, 1.54) is 0 Å². The molecule has 0 atom stereocenters. The van der Waals surface area contributed by atoms with Gasteiger partial charge in [-0.05, 0) is 41.9 Å². The Morgan fingerprint density at radius 3 is 2.50 bits per heavy atom. The van der Waals surface area contributed by atoms with Crippen LogP contribution in [-0.2, 0) is 6.54 Å². The molecule has 0 aliphatic carbocycles. The summed E-state index contributed by atoms with van der Waals surface area (Å²) >= 11 is 0. The first-order valence-electron chi connectivity index (χ1n) is 9.92. The first-order valence-corrected chi connectivity index (χ1v) is 9.92. The molecule has 0 fully saturated rings. The molecule has 0 bridgehead atoms. The van der Waals surface area contributed by atoms with Crippen LogP contribution in [0.1, 0.15) is 22.8 Å². The number of anilines is 1. The molecule has 1 amide bonds. The number of nitrogens with zero attached hydrogens (tertiary/aromatic N) is 1. The fourth-order valence-electron chi connectivity index (χ4n) is 3.37. The van der Waals surface area contributed by atoms with Gasteiger partial charge in [-0.3, -0.25) is 10.1 Å². The Labute approximate surface area is 175 Å². The van der Waals surface area contributed by atoms with Gasteiger partial charge in [0.25, 0.3) is 5.91 Å². The highest BCUT2D eigenvalue weighted by molar-refractivity contribution is 6.05. The van der Waals surface area contributed by atoms with Crippen molar-refractivity contribution in [2.75, 3.05) is 19.0 Å². The number of aromatic nitrogens is 2. The lowest BCUT2D eigenvalue weighted by Gasteiger charge is -2.05. The van der Waals surface area contributed by atoms with E-state index in [1.807, 2.05) is 66.7 Å². The second-order valence-electron chi connectivity index (χ2n) is 6.92. The summed E-state index contributed by atoms with van der Waals surface area (Å²) < 4.78 is 5.48. The topological polar surface area (TPSA) is 79.0 Å². The number of hydrogen-bond acceptors (Lipinski definition) is 4. The molecule has 3 N–H and O–H groups in total. The SMILES string of the molecule is CCNCc1ccc(C(=O)Nc2nc3c(-c4ccccc4)ccc(OC)c3[nH]2)cc1. The van der Waals surface area contributed by atoms with Crippen molar-refractivity contribution >= 4 is 22.9 Å². The quantitative estimate of drug-likeness (QED) is 0.424. The number of aromatic amines is 1. The van der Waals surface area contributed by atoms with E-state index in [9.17, 15) is 4.79 Å². The van der Waals surface area contributed by atoms with E-state index in [0.717, 1.165) is 40.8 Å². The zero-order chi connectivity index (χ0) is 20.9. The molecular weight excluding hydrogens is 376 g/mol. The Morgan fingerprint density at radius 1 is 1.03 bits per heavy atom. The number of ether oxygens (including phenoxy) is 1. The van der Waals surface area contributed by atoms with E-state index in [1.54, 1.807) is 7.11 Å². The first kappa shape index (κ1) is 19.7. The minimum Gasteiger partial charge on any atom is -0.494 e. The molecule has 0 unspecified atom stereocenters. The van der Waals surface area contributed by atoms with Gasteiger partial charge in [0, 0.05) is 17.7 Å². The fourth-order valence-corrected chi connectivity index (χ4v) is 3.37. The van der Waals surface area contributed by atoms with Crippen LogP contribution >= 0.6 is 0 Å². The molecule has 6 heteroatoms. The summed E-state index contributed by atoms with van der Waals surface area (Å²) in [4.78, 5) is 20.5. The molecule has 0 spiro atoms. The lowest BCUT2D eigenvalue weighted by Crippen LogP contribution is -2.14. The van der Waals surface area contributed by atoms with Crippen LogP contribution in [0.25, 0.3) is 22.2 Å². The number of rotatable bonds is 7. The van der Waals surface area contributed by atoms with Crippen molar-refractivity contribution in [1.82, 2.24) is 15.3 Å². The Kier molecular flexibility index (Phi) is 5.77. The number of carbonyl (C=O) groups is 1. The van der Waals surface area contributed by atoms with Crippen molar-refractivity contribution in [2.45, 2.75) is 13.5 Å². The van der Waals surface area contributed by atoms with Crippen molar-refractivity contribution in [3.05, 3.63) is 77.9 Å². The number of hydrogen-bond donors (Lipinski definition) is 3. The Hall–Kier alpha value is -3.64. The number of imidazole rings is 1. The van der Waals surface area contributed by atoms with Crippen molar-refractivity contribution in [2.24, 2.45) is 0 Å². The van der Waals surface area contributed by atoms with E-state index in [4.69, 9.17) is 4.74 Å². The maximum absolute atomic E-state index is 12.7. The highest BCUT2D eigenvalue weighted by Crippen LogP contribution is 2.33. The predicted molar refractivity (Wildman–Crippen MR) is 120 cm³/mol. The lowest BCUT2D eigenvalue weighted by molar-refractivity contribution is 0.102. The van der Waals surface area contributed by atoms with Gasteiger partial charge in [-0.25, -0.2) is 4.98 Å². The fraction of sp³-hybridized carbons (Fsp3) is 0.167. The summed E-state index contributed by atoms with van der Waals surface area (Å²) in [5, 5.41) is 6.13. The highest BCUT2D eigenvalue weighted by Gasteiger charge is 2.15. The summed E-state index contributed by atoms with van der Waals surface area (Å²) in [7, 11) is 1.62. The Balaban J connectivity index is 1.62. The van der Waals surface area contributed by atoms with Crippen LogP contribution in [0.15, 0.2) is 66.7 Å². The van der Waals surface area contributed by atoms with E-state index < -0.39 is 0 Å². The zero-order valence-corrected chi connectivity index (χ0v) is 17.0. The van der Waals surface area contributed by atoms with Gasteiger partial charge >= 0.3 is 0 Å². The minimum atomic E-state index is -0.218. The van der Waals surface area contributed by atoms with Gasteiger partial charge in [-0.2, -0.15) is 0 Å². The Morgan fingerprint density at radius 2 is 1.80 bits per heavy atom. The molecular formula is C24H24N4O2. The molecule has 30 heavy (non-hydrogen) atoms. The van der Waals surface area contributed by atoms with Crippen molar-refractivity contribution in [3.63, 3.8) is 0 Å². The van der Waals surface area contributed by atoms with E-state index in [0.29, 0.717) is 17.3 Å². The van der Waals surface area contributed by atoms with Crippen LogP contribution in [-0.4, -0.2) is 29.5 Å². The third kappa shape index (κ3) is 4.04. The minimum absolute atomic E-state index is 0.218. The average Bonchev–Trinajstić information content (AvgIpc) is 3.21. The summed E-state index contributed by atoms with van der Waals surface area (Å²) in [5.41, 5.74) is 5.22. The van der Waals surface area contributed by atoms with E-state index in [2.05, 4.69) is 27.5 Å². The normalized spacial score (nSPS) is 10.9. The van der Waals surface area contributed by atoms with Gasteiger partial charge in [0.15, 0.2) is 0 Å². The smallest absolute Gasteiger partial charge is 0.257 e. The number of carbonyl (C=O) groups excluding carboxylic acids is 1. The van der Waals surface area contributed by atoms with Gasteiger partial charge in [-0.1, -0.05) is 49.4 Å². The monoisotopic (exact) mass is 400 g/mol. The molecule has 3 aromatic carbocycles. The molecule has 0 radical (unpaired) electrons. The second-order valence-corrected chi connectivity index (χ2v) is 6.92. The maximum Gasteiger partial charge on any atom is 0.257 e. The van der Waals surface area contributed by atoms with Crippen LogP contribution < -0.4 is 15.4 Å². The largest absolute Gasteiger partial charge is 0.494 e. The van der Waals surface area contributed by atoms with Crippen molar-refractivity contribution < 1.29 is 9.53 Å². The molecule has 0 saturated carbocycles. The lowest BCUT2D eigenvalue weighted by atomic mass is 10.0. The molecule has 4 aromatic rings.